The maximum atomic E-state index is 11.0. The first-order valence-electron chi connectivity index (χ1n) is 5.62. The number of carboxylic acid groups (broad SMARTS) is 1. The Morgan fingerprint density at radius 2 is 2.26 bits per heavy atom. The highest BCUT2D eigenvalue weighted by Crippen LogP contribution is 2.29. The number of aldehydes is 1. The highest BCUT2D eigenvalue weighted by molar-refractivity contribution is 5.77. The summed E-state index contributed by atoms with van der Waals surface area (Å²) in [5.74, 6) is -1.41. The van der Waals surface area contributed by atoms with Gasteiger partial charge in [0.2, 0.25) is 0 Å². The van der Waals surface area contributed by atoms with Crippen LogP contribution in [0.4, 0.5) is 5.69 Å². The monoisotopic (exact) mass is 267 g/mol. The van der Waals surface area contributed by atoms with Crippen LogP contribution in [0.1, 0.15) is 30.1 Å². The summed E-state index contributed by atoms with van der Waals surface area (Å²) in [4.78, 5) is 31.7. The number of nitrogens with zero attached hydrogens (tertiary/aromatic N) is 1. The number of benzene rings is 1. The predicted octanol–water partition coefficient (Wildman–Crippen LogP) is 2.04. The lowest BCUT2D eigenvalue weighted by Gasteiger charge is -2.14. The second-order valence-corrected chi connectivity index (χ2v) is 3.84. The molecule has 1 rings (SSSR count). The van der Waals surface area contributed by atoms with Crippen molar-refractivity contribution in [2.75, 3.05) is 0 Å². The fraction of sp³-hybridized carbons (Fsp3) is 0.333. The summed E-state index contributed by atoms with van der Waals surface area (Å²) < 4.78 is 5.15. The molecule has 7 nitrogen and oxygen atoms in total. The number of nitro benzene ring substituents is 1. The number of hydrogen-bond donors (Lipinski definition) is 1. The molecule has 0 spiro atoms. The molecule has 0 radical (unpaired) electrons. The van der Waals surface area contributed by atoms with Gasteiger partial charge in [-0.05, 0) is 18.6 Å². The van der Waals surface area contributed by atoms with Crippen LogP contribution < -0.4 is 4.74 Å². The molecule has 7 heteroatoms. The summed E-state index contributed by atoms with van der Waals surface area (Å²) in [6.07, 6.45) is 0.105. The largest absolute Gasteiger partial charge is 0.479 e. The van der Waals surface area contributed by atoms with Crippen LogP contribution >= 0.6 is 0 Å². The minimum atomic E-state index is -1.20. The van der Waals surface area contributed by atoms with Gasteiger partial charge in [0.05, 0.1) is 4.92 Å². The van der Waals surface area contributed by atoms with Crippen molar-refractivity contribution < 1.29 is 24.4 Å². The molecule has 102 valence electrons. The molecule has 0 aliphatic heterocycles. The quantitative estimate of drug-likeness (QED) is 0.460. The highest BCUT2D eigenvalue weighted by atomic mass is 16.6. The fourth-order valence-electron chi connectivity index (χ4n) is 1.50. The van der Waals surface area contributed by atoms with Gasteiger partial charge in [-0.15, -0.1) is 0 Å². The van der Waals surface area contributed by atoms with Crippen molar-refractivity contribution in [3.8, 4) is 5.75 Å². The maximum Gasteiger partial charge on any atom is 0.344 e. The third-order valence-electron chi connectivity index (χ3n) is 2.41. The van der Waals surface area contributed by atoms with Crippen molar-refractivity contribution in [1.82, 2.24) is 0 Å². The number of hydrogen-bond acceptors (Lipinski definition) is 5. The van der Waals surface area contributed by atoms with Gasteiger partial charge >= 0.3 is 11.7 Å². The van der Waals surface area contributed by atoms with E-state index in [2.05, 4.69) is 0 Å². The van der Waals surface area contributed by atoms with E-state index in [1.165, 1.54) is 6.07 Å². The summed E-state index contributed by atoms with van der Waals surface area (Å²) in [7, 11) is 0. The number of carboxylic acids is 1. The van der Waals surface area contributed by atoms with Crippen LogP contribution in [0.25, 0.3) is 0 Å². The molecule has 0 fully saturated rings. The van der Waals surface area contributed by atoms with E-state index in [1.54, 1.807) is 6.92 Å². The highest BCUT2D eigenvalue weighted by Gasteiger charge is 2.23. The van der Waals surface area contributed by atoms with Gasteiger partial charge in [0.25, 0.3) is 0 Å². The minimum absolute atomic E-state index is 0.182. The number of ether oxygens (including phenoxy) is 1. The Kier molecular flexibility index (Phi) is 4.99. The molecule has 0 aliphatic rings. The molecule has 0 aromatic heterocycles. The van der Waals surface area contributed by atoms with Gasteiger partial charge in [-0.3, -0.25) is 14.9 Å². The zero-order chi connectivity index (χ0) is 14.4. The number of carbonyl (C=O) groups is 2. The van der Waals surface area contributed by atoms with Crippen molar-refractivity contribution in [2.24, 2.45) is 0 Å². The van der Waals surface area contributed by atoms with Crippen molar-refractivity contribution in [3.05, 3.63) is 33.9 Å². The average molecular weight is 267 g/mol. The Bertz CT molecular complexity index is 499. The Balaban J connectivity index is 3.11. The second kappa shape index (κ2) is 6.48. The first kappa shape index (κ1) is 14.6. The van der Waals surface area contributed by atoms with Gasteiger partial charge in [-0.1, -0.05) is 13.3 Å². The third-order valence-corrected chi connectivity index (χ3v) is 2.41. The predicted molar refractivity (Wildman–Crippen MR) is 65.4 cm³/mol. The van der Waals surface area contributed by atoms with E-state index in [-0.39, 0.29) is 23.4 Å². The Morgan fingerprint density at radius 3 is 2.74 bits per heavy atom. The molecular weight excluding hydrogens is 254 g/mol. The van der Waals surface area contributed by atoms with Gasteiger partial charge in [-0.25, -0.2) is 4.79 Å². The summed E-state index contributed by atoms with van der Waals surface area (Å²) in [6.45, 7) is 1.77. The SMILES string of the molecule is CCCC(Oc1cc(C=O)ccc1[N+](=O)[O-])C(=O)O. The van der Waals surface area contributed by atoms with Crippen molar-refractivity contribution in [1.29, 1.82) is 0 Å². The molecule has 0 amide bonds. The topological polar surface area (TPSA) is 107 Å². The Labute approximate surface area is 109 Å². The number of aliphatic carboxylic acids is 1. The summed E-state index contributed by atoms with van der Waals surface area (Å²) in [6, 6.07) is 3.55. The lowest BCUT2D eigenvalue weighted by molar-refractivity contribution is -0.386. The molecule has 1 N–H and O–H groups in total. The molecule has 0 saturated carbocycles. The van der Waals surface area contributed by atoms with E-state index in [4.69, 9.17) is 9.84 Å². The molecule has 0 saturated heterocycles. The van der Waals surface area contributed by atoms with E-state index in [0.29, 0.717) is 12.7 Å². The lowest BCUT2D eigenvalue weighted by atomic mass is 10.2. The number of nitro groups is 1. The molecule has 1 atom stereocenters. The normalized spacial score (nSPS) is 11.6. The zero-order valence-corrected chi connectivity index (χ0v) is 10.2. The molecule has 1 unspecified atom stereocenters. The fourth-order valence-corrected chi connectivity index (χ4v) is 1.50. The molecule has 0 aliphatic carbocycles. The molecule has 1 aromatic carbocycles. The average Bonchev–Trinajstić information content (AvgIpc) is 2.37. The van der Waals surface area contributed by atoms with Gasteiger partial charge in [-0.2, -0.15) is 0 Å². The smallest absolute Gasteiger partial charge is 0.344 e. The van der Waals surface area contributed by atoms with Gasteiger partial charge in [0.1, 0.15) is 6.29 Å². The molecule has 1 aromatic rings. The number of carbonyl (C=O) groups excluding carboxylic acids is 1. The van der Waals surface area contributed by atoms with Crippen LogP contribution in [-0.2, 0) is 4.79 Å². The van der Waals surface area contributed by atoms with Gasteiger partial charge in [0.15, 0.2) is 11.9 Å². The van der Waals surface area contributed by atoms with Crippen LogP contribution in [0.5, 0.6) is 5.75 Å². The first-order chi connectivity index (χ1) is 8.99. The summed E-state index contributed by atoms with van der Waals surface area (Å²) in [5, 5.41) is 19.8. The van der Waals surface area contributed by atoms with E-state index >= 15 is 0 Å². The van der Waals surface area contributed by atoms with Crippen molar-refractivity contribution in [3.63, 3.8) is 0 Å². The second-order valence-electron chi connectivity index (χ2n) is 3.84. The lowest BCUT2D eigenvalue weighted by Crippen LogP contribution is -2.27. The molecule has 19 heavy (non-hydrogen) atoms. The van der Waals surface area contributed by atoms with Gasteiger partial charge < -0.3 is 9.84 Å². The van der Waals surface area contributed by atoms with E-state index in [1.807, 2.05) is 0 Å². The number of rotatable bonds is 7. The van der Waals surface area contributed by atoms with Crippen LogP contribution in [0, 0.1) is 10.1 Å². The van der Waals surface area contributed by atoms with E-state index in [9.17, 15) is 19.7 Å². The first-order valence-corrected chi connectivity index (χ1v) is 5.62. The molecular formula is C12H13NO6. The standard InChI is InChI=1S/C12H13NO6/c1-2-3-10(12(15)16)19-11-6-8(7-14)4-5-9(11)13(17)18/h4-7,10H,2-3H2,1H3,(H,15,16). The Morgan fingerprint density at radius 1 is 1.58 bits per heavy atom. The zero-order valence-electron chi connectivity index (χ0n) is 10.2. The van der Waals surface area contributed by atoms with Crippen LogP contribution in [0.3, 0.4) is 0 Å². The van der Waals surface area contributed by atoms with Crippen molar-refractivity contribution in [2.45, 2.75) is 25.9 Å². The van der Waals surface area contributed by atoms with Gasteiger partial charge in [0, 0.05) is 11.6 Å². The van der Waals surface area contributed by atoms with E-state index < -0.39 is 17.0 Å². The molecule has 0 heterocycles. The van der Waals surface area contributed by atoms with Crippen LogP contribution in [0.15, 0.2) is 18.2 Å². The van der Waals surface area contributed by atoms with Crippen molar-refractivity contribution >= 4 is 17.9 Å². The van der Waals surface area contributed by atoms with Crippen LogP contribution in [0.2, 0.25) is 0 Å². The van der Waals surface area contributed by atoms with Crippen LogP contribution in [-0.4, -0.2) is 28.4 Å². The minimum Gasteiger partial charge on any atom is -0.479 e. The Hall–Kier alpha value is -2.44. The summed E-state index contributed by atoms with van der Waals surface area (Å²) in [5.41, 5.74) is -0.186. The molecule has 0 bridgehead atoms. The third kappa shape index (κ3) is 3.77. The summed E-state index contributed by atoms with van der Waals surface area (Å²) >= 11 is 0. The van der Waals surface area contributed by atoms with E-state index in [0.717, 1.165) is 12.1 Å². The maximum absolute atomic E-state index is 11.0.